The van der Waals surface area contributed by atoms with Gasteiger partial charge in [0.15, 0.2) is 0 Å². The number of nitrogens with zero attached hydrogens (tertiary/aromatic N) is 1. The number of rotatable bonds is 3. The summed E-state index contributed by atoms with van der Waals surface area (Å²) in [6.45, 7) is 11.6. The van der Waals surface area contributed by atoms with Crippen molar-refractivity contribution in [2.24, 2.45) is 0 Å². The van der Waals surface area contributed by atoms with E-state index in [1.54, 1.807) is 0 Å². The molecular weight excluding hydrogens is 216 g/mol. The minimum atomic E-state index is 0.283. The highest BCUT2D eigenvalue weighted by atomic mass is 32.1. The van der Waals surface area contributed by atoms with Gasteiger partial charge in [-0.15, -0.1) is 11.3 Å². The lowest BCUT2D eigenvalue weighted by molar-refractivity contribution is 0.175. The predicted molar refractivity (Wildman–Crippen MR) is 71.2 cm³/mol. The van der Waals surface area contributed by atoms with E-state index in [-0.39, 0.29) is 5.41 Å². The normalized spacial score (nSPS) is 23.6. The maximum absolute atomic E-state index is 3.49. The molecule has 2 rings (SSSR count). The maximum Gasteiger partial charge on any atom is 0.0167 e. The monoisotopic (exact) mass is 238 g/mol. The van der Waals surface area contributed by atoms with E-state index >= 15 is 0 Å². The van der Waals surface area contributed by atoms with Crippen molar-refractivity contribution in [2.45, 2.75) is 32.2 Å². The zero-order valence-corrected chi connectivity index (χ0v) is 11.3. The standard InChI is InChI=1S/C13H22N2S/c1-11-9-15(7-6-14-11)10-13(2,3)12-5-4-8-16-12/h4-5,8,11,14H,6-7,9-10H2,1-3H3. The van der Waals surface area contributed by atoms with Crippen molar-refractivity contribution in [1.82, 2.24) is 10.2 Å². The van der Waals surface area contributed by atoms with E-state index in [0.717, 1.165) is 6.54 Å². The molecule has 0 spiro atoms. The van der Waals surface area contributed by atoms with Gasteiger partial charge >= 0.3 is 0 Å². The minimum absolute atomic E-state index is 0.283. The smallest absolute Gasteiger partial charge is 0.0167 e. The largest absolute Gasteiger partial charge is 0.312 e. The van der Waals surface area contributed by atoms with Crippen LogP contribution in [0.5, 0.6) is 0 Å². The minimum Gasteiger partial charge on any atom is -0.312 e. The van der Waals surface area contributed by atoms with Gasteiger partial charge in [0.05, 0.1) is 0 Å². The number of hydrogen-bond acceptors (Lipinski definition) is 3. The second kappa shape index (κ2) is 4.86. The molecule has 90 valence electrons. The average molecular weight is 238 g/mol. The Morgan fingerprint density at radius 2 is 2.38 bits per heavy atom. The first-order valence-electron chi connectivity index (χ1n) is 6.08. The van der Waals surface area contributed by atoms with E-state index in [0.29, 0.717) is 6.04 Å². The molecule has 0 radical (unpaired) electrons. The van der Waals surface area contributed by atoms with E-state index in [4.69, 9.17) is 0 Å². The van der Waals surface area contributed by atoms with Crippen LogP contribution in [0.4, 0.5) is 0 Å². The van der Waals surface area contributed by atoms with Crippen molar-refractivity contribution < 1.29 is 0 Å². The molecule has 1 N–H and O–H groups in total. The van der Waals surface area contributed by atoms with Crippen LogP contribution in [0, 0.1) is 0 Å². The summed E-state index contributed by atoms with van der Waals surface area (Å²) in [4.78, 5) is 4.08. The molecule has 0 amide bonds. The van der Waals surface area contributed by atoms with Crippen molar-refractivity contribution in [1.29, 1.82) is 0 Å². The van der Waals surface area contributed by atoms with Crippen LogP contribution in [-0.2, 0) is 5.41 Å². The lowest BCUT2D eigenvalue weighted by atomic mass is 9.90. The molecule has 0 saturated carbocycles. The Bertz CT molecular complexity index is 319. The first-order valence-corrected chi connectivity index (χ1v) is 6.95. The molecule has 1 fully saturated rings. The van der Waals surface area contributed by atoms with Crippen LogP contribution in [0.1, 0.15) is 25.6 Å². The highest BCUT2D eigenvalue weighted by Gasteiger charge is 2.26. The molecule has 1 aliphatic rings. The van der Waals surface area contributed by atoms with Gasteiger partial charge in [0.2, 0.25) is 0 Å². The first kappa shape index (κ1) is 12.1. The van der Waals surface area contributed by atoms with Crippen molar-refractivity contribution in [2.75, 3.05) is 26.2 Å². The molecule has 1 saturated heterocycles. The number of nitrogens with one attached hydrogen (secondary N) is 1. The van der Waals surface area contributed by atoms with Crippen molar-refractivity contribution in [3.05, 3.63) is 22.4 Å². The SMILES string of the molecule is CC1CN(CC(C)(C)c2cccs2)CCN1. The molecular formula is C13H22N2S. The van der Waals surface area contributed by atoms with Gasteiger partial charge < -0.3 is 5.32 Å². The van der Waals surface area contributed by atoms with Crippen LogP contribution >= 0.6 is 11.3 Å². The van der Waals surface area contributed by atoms with Crippen LogP contribution in [0.15, 0.2) is 17.5 Å². The molecule has 1 aromatic heterocycles. The third-order valence-corrected chi connectivity index (χ3v) is 4.50. The highest BCUT2D eigenvalue weighted by Crippen LogP contribution is 2.28. The molecule has 0 aromatic carbocycles. The molecule has 16 heavy (non-hydrogen) atoms. The molecule has 2 nitrogen and oxygen atoms in total. The van der Waals surface area contributed by atoms with Crippen molar-refractivity contribution in [3.63, 3.8) is 0 Å². The Morgan fingerprint density at radius 1 is 1.56 bits per heavy atom. The Hall–Kier alpha value is -0.380. The van der Waals surface area contributed by atoms with Crippen LogP contribution in [-0.4, -0.2) is 37.1 Å². The lowest BCUT2D eigenvalue weighted by Crippen LogP contribution is -2.52. The summed E-state index contributed by atoms with van der Waals surface area (Å²) in [6, 6.07) is 5.05. The van der Waals surface area contributed by atoms with Gasteiger partial charge in [-0.05, 0) is 18.4 Å². The molecule has 2 heterocycles. The second-order valence-electron chi connectivity index (χ2n) is 5.45. The van der Waals surface area contributed by atoms with Gasteiger partial charge in [-0.25, -0.2) is 0 Å². The molecule has 0 aliphatic carbocycles. The zero-order chi connectivity index (χ0) is 11.6. The summed E-state index contributed by atoms with van der Waals surface area (Å²) in [5, 5.41) is 5.67. The summed E-state index contributed by atoms with van der Waals surface area (Å²) in [7, 11) is 0. The van der Waals surface area contributed by atoms with E-state index in [2.05, 4.69) is 48.5 Å². The van der Waals surface area contributed by atoms with Gasteiger partial charge in [-0.1, -0.05) is 19.9 Å². The zero-order valence-electron chi connectivity index (χ0n) is 10.5. The van der Waals surface area contributed by atoms with Gasteiger partial charge in [0.1, 0.15) is 0 Å². The van der Waals surface area contributed by atoms with Crippen LogP contribution in [0.3, 0.4) is 0 Å². The summed E-state index contributed by atoms with van der Waals surface area (Å²) in [6.07, 6.45) is 0. The highest BCUT2D eigenvalue weighted by molar-refractivity contribution is 7.10. The van der Waals surface area contributed by atoms with E-state index in [1.165, 1.54) is 24.5 Å². The predicted octanol–water partition coefficient (Wildman–Crippen LogP) is 2.32. The van der Waals surface area contributed by atoms with Gasteiger partial charge in [-0.2, -0.15) is 0 Å². The van der Waals surface area contributed by atoms with Crippen LogP contribution < -0.4 is 5.32 Å². The lowest BCUT2D eigenvalue weighted by Gasteiger charge is -2.37. The molecule has 1 unspecified atom stereocenters. The Balaban J connectivity index is 1.98. The van der Waals surface area contributed by atoms with Crippen LogP contribution in [0.25, 0.3) is 0 Å². The molecule has 1 atom stereocenters. The quantitative estimate of drug-likeness (QED) is 0.869. The fourth-order valence-electron chi connectivity index (χ4n) is 2.46. The number of piperazine rings is 1. The van der Waals surface area contributed by atoms with E-state index in [9.17, 15) is 0 Å². The number of hydrogen-bond donors (Lipinski definition) is 1. The van der Waals surface area contributed by atoms with E-state index < -0.39 is 0 Å². The Morgan fingerprint density at radius 3 is 3.00 bits per heavy atom. The fraction of sp³-hybridized carbons (Fsp3) is 0.692. The second-order valence-corrected chi connectivity index (χ2v) is 6.40. The fourth-order valence-corrected chi connectivity index (χ4v) is 3.30. The summed E-state index contributed by atoms with van der Waals surface area (Å²) < 4.78 is 0. The van der Waals surface area contributed by atoms with Crippen molar-refractivity contribution >= 4 is 11.3 Å². The third kappa shape index (κ3) is 2.84. The van der Waals surface area contributed by atoms with E-state index in [1.807, 2.05) is 11.3 Å². The van der Waals surface area contributed by atoms with Crippen molar-refractivity contribution in [3.8, 4) is 0 Å². The Kier molecular flexibility index (Phi) is 3.67. The third-order valence-electron chi connectivity index (χ3n) is 3.26. The summed E-state index contributed by atoms with van der Waals surface area (Å²) in [5.41, 5.74) is 0.283. The summed E-state index contributed by atoms with van der Waals surface area (Å²) >= 11 is 1.88. The average Bonchev–Trinajstić information content (AvgIpc) is 2.69. The molecule has 3 heteroatoms. The molecule has 1 aromatic rings. The van der Waals surface area contributed by atoms with Gasteiger partial charge in [0, 0.05) is 42.5 Å². The van der Waals surface area contributed by atoms with Crippen LogP contribution in [0.2, 0.25) is 0 Å². The number of thiophene rings is 1. The van der Waals surface area contributed by atoms with Gasteiger partial charge in [-0.3, -0.25) is 4.90 Å². The molecule has 0 bridgehead atoms. The Labute approximate surface area is 103 Å². The first-order chi connectivity index (χ1) is 7.58. The summed E-state index contributed by atoms with van der Waals surface area (Å²) in [5.74, 6) is 0. The topological polar surface area (TPSA) is 15.3 Å². The maximum atomic E-state index is 3.49. The van der Waals surface area contributed by atoms with Gasteiger partial charge in [0.25, 0.3) is 0 Å². The molecule has 1 aliphatic heterocycles.